The van der Waals surface area contributed by atoms with E-state index in [0.29, 0.717) is 13.1 Å². The Morgan fingerprint density at radius 1 is 1.29 bits per heavy atom. The van der Waals surface area contributed by atoms with Crippen LogP contribution in [0.1, 0.15) is 24.2 Å². The van der Waals surface area contributed by atoms with Crippen LogP contribution in [-0.4, -0.2) is 62.6 Å². The molecule has 28 heavy (non-hydrogen) atoms. The topological polar surface area (TPSA) is 119 Å². The number of rotatable bonds is 9. The molecule has 148 valence electrons. The summed E-state index contributed by atoms with van der Waals surface area (Å²) < 4.78 is 6.38. The number of anilines is 1. The number of benzene rings is 1. The van der Waals surface area contributed by atoms with Crippen LogP contribution in [0.3, 0.4) is 0 Å². The largest absolute Gasteiger partial charge is 0.452 e. The fourth-order valence-corrected chi connectivity index (χ4v) is 2.36. The second-order valence-corrected chi connectivity index (χ2v) is 6.04. The highest BCUT2D eigenvalue weighted by Gasteiger charge is 2.18. The summed E-state index contributed by atoms with van der Waals surface area (Å²) in [6, 6.07) is 6.37. The lowest BCUT2D eigenvalue weighted by Gasteiger charge is -2.20. The van der Waals surface area contributed by atoms with Crippen LogP contribution < -0.4 is 5.32 Å². The van der Waals surface area contributed by atoms with Gasteiger partial charge < -0.3 is 15.0 Å². The molecule has 1 N–H and O–H groups in total. The van der Waals surface area contributed by atoms with Crippen molar-refractivity contribution in [1.82, 2.24) is 25.1 Å². The lowest BCUT2D eigenvalue weighted by atomic mass is 10.2. The highest BCUT2D eigenvalue weighted by atomic mass is 16.5. The first-order valence-corrected chi connectivity index (χ1v) is 8.59. The molecule has 0 saturated heterocycles. The molecule has 1 aromatic heterocycles. The molecule has 2 rings (SSSR count). The normalized spacial score (nSPS) is 10.2. The number of carbonyl (C=O) groups is 3. The van der Waals surface area contributed by atoms with E-state index >= 15 is 0 Å². The van der Waals surface area contributed by atoms with Gasteiger partial charge in [0.15, 0.2) is 6.61 Å². The van der Waals surface area contributed by atoms with E-state index in [-0.39, 0.29) is 23.7 Å². The van der Waals surface area contributed by atoms with Crippen LogP contribution in [0.25, 0.3) is 0 Å². The van der Waals surface area contributed by atoms with Crippen molar-refractivity contribution in [3.05, 3.63) is 48.3 Å². The predicted molar refractivity (Wildman–Crippen MR) is 100 cm³/mol. The van der Waals surface area contributed by atoms with Crippen LogP contribution >= 0.6 is 0 Å². The fraction of sp³-hybridized carbons (Fsp3) is 0.333. The van der Waals surface area contributed by atoms with E-state index < -0.39 is 18.5 Å². The second kappa shape index (κ2) is 9.95. The van der Waals surface area contributed by atoms with Crippen molar-refractivity contribution in [1.29, 1.82) is 0 Å². The van der Waals surface area contributed by atoms with E-state index in [0.717, 1.165) is 5.57 Å². The van der Waals surface area contributed by atoms with Gasteiger partial charge in [-0.2, -0.15) is 0 Å². The molecule has 0 saturated carbocycles. The standard InChI is InChI=1S/C18H22N6O4/c1-4-23(9-13(2)3)17(26)11-28-18(27)14-7-5-6-8-15(14)20-16(25)10-24-12-19-21-22-24/h5-8,12H,2,4,9-11H2,1,3H3,(H,20,25). The minimum absolute atomic E-state index is 0.110. The van der Waals surface area contributed by atoms with Crippen molar-refractivity contribution in [2.75, 3.05) is 25.0 Å². The number of para-hydroxylation sites is 1. The smallest absolute Gasteiger partial charge is 0.340 e. The zero-order valence-corrected chi connectivity index (χ0v) is 15.8. The van der Waals surface area contributed by atoms with Crippen molar-refractivity contribution >= 4 is 23.5 Å². The van der Waals surface area contributed by atoms with Gasteiger partial charge in [-0.3, -0.25) is 9.59 Å². The Morgan fingerprint density at radius 3 is 2.68 bits per heavy atom. The number of nitrogens with one attached hydrogen (secondary N) is 1. The minimum atomic E-state index is -0.710. The molecule has 0 spiro atoms. The maximum absolute atomic E-state index is 12.4. The zero-order valence-electron chi connectivity index (χ0n) is 15.8. The van der Waals surface area contributed by atoms with Gasteiger partial charge in [0.1, 0.15) is 12.9 Å². The summed E-state index contributed by atoms with van der Waals surface area (Å²) in [6.07, 6.45) is 1.30. The third-order valence-electron chi connectivity index (χ3n) is 3.64. The summed E-state index contributed by atoms with van der Waals surface area (Å²) in [5.41, 5.74) is 1.24. The van der Waals surface area contributed by atoms with Gasteiger partial charge >= 0.3 is 5.97 Å². The molecule has 0 radical (unpaired) electrons. The molecular formula is C18H22N6O4. The van der Waals surface area contributed by atoms with Crippen molar-refractivity contribution in [3.8, 4) is 0 Å². The van der Waals surface area contributed by atoms with Crippen molar-refractivity contribution < 1.29 is 19.1 Å². The van der Waals surface area contributed by atoms with Gasteiger partial charge in [0.25, 0.3) is 5.91 Å². The summed E-state index contributed by atoms with van der Waals surface area (Å²) in [5.74, 6) is -1.45. The maximum atomic E-state index is 12.4. The van der Waals surface area contributed by atoms with Gasteiger partial charge in [-0.05, 0) is 36.4 Å². The molecular weight excluding hydrogens is 364 g/mol. The lowest BCUT2D eigenvalue weighted by molar-refractivity contribution is -0.133. The molecule has 10 nitrogen and oxygen atoms in total. The number of ether oxygens (including phenoxy) is 1. The Hall–Kier alpha value is -3.56. The number of hydrogen-bond donors (Lipinski definition) is 1. The number of hydrogen-bond acceptors (Lipinski definition) is 7. The first kappa shape index (κ1) is 20.7. The van der Waals surface area contributed by atoms with Crippen molar-refractivity contribution in [2.24, 2.45) is 0 Å². The molecule has 2 amide bonds. The molecule has 0 aliphatic heterocycles. The van der Waals surface area contributed by atoms with Crippen LogP contribution in [0.15, 0.2) is 42.7 Å². The van der Waals surface area contributed by atoms with Crippen LogP contribution in [0, 0.1) is 0 Å². The number of tetrazole rings is 1. The molecule has 1 heterocycles. The summed E-state index contributed by atoms with van der Waals surface area (Å²) in [4.78, 5) is 38.2. The summed E-state index contributed by atoms with van der Waals surface area (Å²) in [6.45, 7) is 7.80. The summed E-state index contributed by atoms with van der Waals surface area (Å²) >= 11 is 0. The molecule has 0 aliphatic rings. The number of amides is 2. The number of esters is 1. The van der Waals surface area contributed by atoms with E-state index in [9.17, 15) is 14.4 Å². The SMILES string of the molecule is C=C(C)CN(CC)C(=O)COC(=O)c1ccccc1NC(=O)Cn1cnnn1. The second-order valence-electron chi connectivity index (χ2n) is 6.04. The zero-order chi connectivity index (χ0) is 20.5. The first-order valence-electron chi connectivity index (χ1n) is 8.59. The molecule has 0 atom stereocenters. The summed E-state index contributed by atoms with van der Waals surface area (Å²) in [5, 5.41) is 13.1. The molecule has 2 aromatic rings. The van der Waals surface area contributed by atoms with Crippen LogP contribution in [0.2, 0.25) is 0 Å². The number of likely N-dealkylation sites (N-methyl/N-ethyl adjacent to an activating group) is 1. The molecule has 10 heteroatoms. The molecule has 0 fully saturated rings. The number of aromatic nitrogens is 4. The van der Waals surface area contributed by atoms with Gasteiger partial charge in [-0.1, -0.05) is 24.3 Å². The lowest BCUT2D eigenvalue weighted by Crippen LogP contribution is -2.35. The molecule has 0 bridgehead atoms. The third kappa shape index (κ3) is 6.01. The summed E-state index contributed by atoms with van der Waals surface area (Å²) in [7, 11) is 0. The molecule has 1 aromatic carbocycles. The van der Waals surface area contributed by atoms with E-state index in [2.05, 4.69) is 27.4 Å². The van der Waals surface area contributed by atoms with E-state index in [1.807, 2.05) is 13.8 Å². The minimum Gasteiger partial charge on any atom is -0.452 e. The van der Waals surface area contributed by atoms with Crippen LogP contribution in [0.5, 0.6) is 0 Å². The molecule has 0 aliphatic carbocycles. The average molecular weight is 386 g/mol. The van der Waals surface area contributed by atoms with E-state index in [4.69, 9.17) is 4.74 Å². The van der Waals surface area contributed by atoms with Crippen LogP contribution in [-0.2, 0) is 20.9 Å². The van der Waals surface area contributed by atoms with E-state index in [1.54, 1.807) is 18.2 Å². The number of carbonyl (C=O) groups excluding carboxylic acids is 3. The van der Waals surface area contributed by atoms with Gasteiger partial charge in [0.05, 0.1) is 11.3 Å². The van der Waals surface area contributed by atoms with Crippen molar-refractivity contribution in [3.63, 3.8) is 0 Å². The van der Waals surface area contributed by atoms with Gasteiger partial charge in [0, 0.05) is 13.1 Å². The monoisotopic (exact) mass is 386 g/mol. The predicted octanol–water partition coefficient (Wildman–Crippen LogP) is 0.893. The van der Waals surface area contributed by atoms with E-state index in [1.165, 1.54) is 22.0 Å². The van der Waals surface area contributed by atoms with Gasteiger partial charge in [-0.15, -0.1) is 5.10 Å². The highest BCUT2D eigenvalue weighted by molar-refractivity contribution is 6.01. The fourth-order valence-electron chi connectivity index (χ4n) is 2.36. The van der Waals surface area contributed by atoms with Gasteiger partial charge in [-0.25, -0.2) is 9.48 Å². The highest BCUT2D eigenvalue weighted by Crippen LogP contribution is 2.16. The Morgan fingerprint density at radius 2 is 2.04 bits per heavy atom. The molecule has 0 unspecified atom stereocenters. The Kier molecular flexibility index (Phi) is 7.37. The first-order chi connectivity index (χ1) is 13.4. The average Bonchev–Trinajstić information content (AvgIpc) is 3.17. The van der Waals surface area contributed by atoms with Gasteiger partial charge in [0.2, 0.25) is 5.91 Å². The Bertz CT molecular complexity index is 850. The van der Waals surface area contributed by atoms with Crippen molar-refractivity contribution in [2.45, 2.75) is 20.4 Å². The van der Waals surface area contributed by atoms with Crippen LogP contribution in [0.4, 0.5) is 5.69 Å². The quantitative estimate of drug-likeness (QED) is 0.502. The number of nitrogens with zero attached hydrogens (tertiary/aromatic N) is 5. The maximum Gasteiger partial charge on any atom is 0.340 e. The Balaban J connectivity index is 1.98. The Labute approximate surface area is 162 Å². The third-order valence-corrected chi connectivity index (χ3v) is 3.64.